The minimum Gasteiger partial charge on any atom is -0.507 e. The minimum absolute atomic E-state index is 0.00956. The van der Waals surface area contributed by atoms with Crippen molar-refractivity contribution >= 4 is 6.08 Å². The van der Waals surface area contributed by atoms with Gasteiger partial charge in [-0.05, 0) is 40.5 Å². The van der Waals surface area contributed by atoms with Crippen molar-refractivity contribution < 1.29 is 14.6 Å². The summed E-state index contributed by atoms with van der Waals surface area (Å²) in [5.74, 6) is 1.42. The maximum atomic E-state index is 10.9. The monoisotopic (exact) mass is 308 g/mol. The Hall–Kier alpha value is -2.26. The Kier molecular flexibility index (Phi) is 3.20. The summed E-state index contributed by atoms with van der Waals surface area (Å²) in [4.78, 5) is 0. The average Bonchev–Trinajstić information content (AvgIpc) is 2.93. The molecule has 0 aromatic heterocycles. The number of hydrogen-bond donors (Lipinski definition) is 1. The molecule has 0 amide bonds. The van der Waals surface area contributed by atoms with E-state index in [4.69, 9.17) is 9.47 Å². The van der Waals surface area contributed by atoms with E-state index >= 15 is 0 Å². The van der Waals surface area contributed by atoms with Crippen LogP contribution in [0.25, 0.3) is 17.2 Å². The highest BCUT2D eigenvalue weighted by atomic mass is 16.5. The third-order valence-electron chi connectivity index (χ3n) is 5.13. The van der Waals surface area contributed by atoms with Crippen LogP contribution in [0.15, 0.2) is 30.3 Å². The molecule has 2 aliphatic carbocycles. The highest BCUT2D eigenvalue weighted by molar-refractivity contribution is 5.84. The van der Waals surface area contributed by atoms with E-state index in [0.29, 0.717) is 5.75 Å². The van der Waals surface area contributed by atoms with Crippen LogP contribution in [0.2, 0.25) is 0 Å². The van der Waals surface area contributed by atoms with E-state index in [2.05, 4.69) is 37.3 Å². The first kappa shape index (κ1) is 14.3. The fraction of sp³-hybridized carbons (Fsp3) is 0.300. The maximum absolute atomic E-state index is 10.9. The van der Waals surface area contributed by atoms with Gasteiger partial charge < -0.3 is 14.6 Å². The summed E-state index contributed by atoms with van der Waals surface area (Å²) in [6.07, 6.45) is 4.89. The van der Waals surface area contributed by atoms with Crippen molar-refractivity contribution in [3.8, 4) is 22.6 Å². The van der Waals surface area contributed by atoms with Gasteiger partial charge in [0, 0.05) is 30.6 Å². The molecule has 0 saturated heterocycles. The van der Waals surface area contributed by atoms with Crippen LogP contribution < -0.4 is 4.74 Å². The van der Waals surface area contributed by atoms with Gasteiger partial charge in [0.15, 0.2) is 0 Å². The predicted molar refractivity (Wildman–Crippen MR) is 91.1 cm³/mol. The zero-order chi connectivity index (χ0) is 16.1. The summed E-state index contributed by atoms with van der Waals surface area (Å²) in [7, 11) is 3.39. The lowest BCUT2D eigenvalue weighted by Crippen LogP contribution is -2.20. The van der Waals surface area contributed by atoms with E-state index in [1.54, 1.807) is 14.2 Å². The summed E-state index contributed by atoms with van der Waals surface area (Å²) in [6, 6.07) is 8.32. The summed E-state index contributed by atoms with van der Waals surface area (Å²) >= 11 is 0. The summed E-state index contributed by atoms with van der Waals surface area (Å²) in [6.45, 7) is 2.10. The maximum Gasteiger partial charge on any atom is 0.123 e. The van der Waals surface area contributed by atoms with Gasteiger partial charge in [-0.25, -0.2) is 0 Å². The van der Waals surface area contributed by atoms with Gasteiger partial charge in [-0.2, -0.15) is 0 Å². The smallest absolute Gasteiger partial charge is 0.123 e. The molecule has 1 N–H and O–H groups in total. The van der Waals surface area contributed by atoms with E-state index in [1.165, 1.54) is 11.1 Å². The van der Waals surface area contributed by atoms with Crippen molar-refractivity contribution in [1.29, 1.82) is 0 Å². The van der Waals surface area contributed by atoms with Crippen LogP contribution in [0.1, 0.15) is 35.1 Å². The number of phenolic OH excluding ortho intramolecular Hbond substituents is 1. The molecule has 3 heteroatoms. The molecule has 0 fully saturated rings. The molecule has 0 radical (unpaired) electrons. The molecule has 0 heterocycles. The van der Waals surface area contributed by atoms with Crippen LogP contribution in [0.4, 0.5) is 0 Å². The summed E-state index contributed by atoms with van der Waals surface area (Å²) in [5, 5.41) is 10.9. The van der Waals surface area contributed by atoms with Crippen molar-refractivity contribution in [3.05, 3.63) is 52.6 Å². The van der Waals surface area contributed by atoms with Crippen LogP contribution in [0, 0.1) is 0 Å². The first-order valence-electron chi connectivity index (χ1n) is 7.91. The number of ether oxygens (including phenoxy) is 2. The van der Waals surface area contributed by atoms with Gasteiger partial charge in [-0.3, -0.25) is 0 Å². The lowest BCUT2D eigenvalue weighted by molar-refractivity contribution is 0.120. The largest absolute Gasteiger partial charge is 0.507 e. The summed E-state index contributed by atoms with van der Waals surface area (Å²) < 4.78 is 10.8. The van der Waals surface area contributed by atoms with Crippen molar-refractivity contribution in [1.82, 2.24) is 0 Å². The molecule has 2 atom stereocenters. The SMILES string of the molecule is COc1ccc2c(c1)Cc1c-2cc2c(c1O)C(C)C(OC)C=C2. The number of aromatic hydroxyl groups is 1. The first-order chi connectivity index (χ1) is 11.1. The van der Waals surface area contributed by atoms with E-state index < -0.39 is 0 Å². The molecule has 4 rings (SSSR count). The van der Waals surface area contributed by atoms with Crippen molar-refractivity contribution in [2.45, 2.75) is 25.4 Å². The predicted octanol–water partition coefficient (Wildman–Crippen LogP) is 4.12. The average molecular weight is 308 g/mol. The zero-order valence-electron chi connectivity index (χ0n) is 13.6. The molecule has 23 heavy (non-hydrogen) atoms. The Morgan fingerprint density at radius 1 is 1.13 bits per heavy atom. The van der Waals surface area contributed by atoms with Gasteiger partial charge in [0.2, 0.25) is 0 Å². The van der Waals surface area contributed by atoms with E-state index in [9.17, 15) is 5.11 Å². The second-order valence-corrected chi connectivity index (χ2v) is 6.30. The molecule has 0 saturated carbocycles. The number of benzene rings is 2. The Morgan fingerprint density at radius 2 is 1.96 bits per heavy atom. The molecule has 3 nitrogen and oxygen atoms in total. The van der Waals surface area contributed by atoms with E-state index in [1.807, 2.05) is 6.07 Å². The Morgan fingerprint density at radius 3 is 2.70 bits per heavy atom. The normalized spacial score (nSPS) is 20.8. The topological polar surface area (TPSA) is 38.7 Å². The molecule has 2 unspecified atom stereocenters. The molecule has 0 spiro atoms. The molecule has 0 bridgehead atoms. The quantitative estimate of drug-likeness (QED) is 0.774. The van der Waals surface area contributed by atoms with Gasteiger partial charge in [-0.15, -0.1) is 0 Å². The number of methoxy groups -OCH3 is 2. The van der Waals surface area contributed by atoms with Gasteiger partial charge in [0.1, 0.15) is 11.5 Å². The number of rotatable bonds is 2. The molecular formula is C20H20O3. The lowest BCUT2D eigenvalue weighted by Gasteiger charge is -2.27. The first-order valence-corrected chi connectivity index (χ1v) is 7.91. The van der Waals surface area contributed by atoms with Crippen molar-refractivity contribution in [2.75, 3.05) is 14.2 Å². The molecular weight excluding hydrogens is 288 g/mol. The second kappa shape index (κ2) is 5.14. The standard InChI is InChI=1S/C20H20O3/c1-11-18(23-3)7-4-12-9-16-15-6-5-14(22-2)8-13(15)10-17(16)20(21)19(11)12/h4-9,11,18,21H,10H2,1-3H3. The van der Waals surface area contributed by atoms with Gasteiger partial charge in [0.05, 0.1) is 13.2 Å². The number of hydrogen-bond acceptors (Lipinski definition) is 3. The van der Waals surface area contributed by atoms with E-state index in [0.717, 1.165) is 34.4 Å². The highest BCUT2D eigenvalue weighted by Gasteiger charge is 2.31. The Balaban J connectivity index is 1.89. The molecule has 2 aromatic carbocycles. The van der Waals surface area contributed by atoms with Crippen molar-refractivity contribution in [2.24, 2.45) is 0 Å². The number of fused-ring (bicyclic) bond motifs is 4. The second-order valence-electron chi connectivity index (χ2n) is 6.30. The lowest BCUT2D eigenvalue weighted by atomic mass is 9.83. The number of phenols is 1. The third kappa shape index (κ3) is 2.00. The van der Waals surface area contributed by atoms with E-state index in [-0.39, 0.29) is 12.0 Å². The zero-order valence-corrected chi connectivity index (χ0v) is 13.6. The third-order valence-corrected chi connectivity index (χ3v) is 5.13. The molecule has 0 aliphatic heterocycles. The molecule has 118 valence electrons. The fourth-order valence-corrected chi connectivity index (χ4v) is 3.89. The minimum atomic E-state index is 0.00956. The van der Waals surface area contributed by atoms with Gasteiger partial charge in [0.25, 0.3) is 0 Å². The van der Waals surface area contributed by atoms with Crippen LogP contribution in [-0.2, 0) is 11.2 Å². The highest BCUT2D eigenvalue weighted by Crippen LogP contribution is 2.48. The van der Waals surface area contributed by atoms with Gasteiger partial charge >= 0.3 is 0 Å². The van der Waals surface area contributed by atoms with Crippen molar-refractivity contribution in [3.63, 3.8) is 0 Å². The Labute approximate surface area is 136 Å². The summed E-state index contributed by atoms with van der Waals surface area (Å²) in [5.41, 5.74) is 6.63. The van der Waals surface area contributed by atoms with Crippen LogP contribution in [-0.4, -0.2) is 25.4 Å². The van der Waals surface area contributed by atoms with Crippen LogP contribution in [0.5, 0.6) is 11.5 Å². The van der Waals surface area contributed by atoms with Gasteiger partial charge in [-0.1, -0.05) is 25.1 Å². The molecule has 2 aromatic rings. The van der Waals surface area contributed by atoms with Crippen LogP contribution >= 0.6 is 0 Å². The van der Waals surface area contributed by atoms with Crippen LogP contribution in [0.3, 0.4) is 0 Å². The molecule has 2 aliphatic rings. The fourth-order valence-electron chi connectivity index (χ4n) is 3.89. The Bertz CT molecular complexity index is 820.